The zero-order chi connectivity index (χ0) is 19.6. The zero-order valence-electron chi connectivity index (χ0n) is 15.5. The zero-order valence-corrected chi connectivity index (χ0v) is 16.4. The Bertz CT molecular complexity index is 740. The number of esters is 1. The van der Waals surface area contributed by atoms with Crippen molar-refractivity contribution < 1.29 is 14.3 Å². The van der Waals surface area contributed by atoms with Crippen LogP contribution in [-0.2, 0) is 14.3 Å². The van der Waals surface area contributed by atoms with Crippen LogP contribution < -0.4 is 10.6 Å². The molecule has 144 valence electrons. The second kappa shape index (κ2) is 10.7. The van der Waals surface area contributed by atoms with Crippen LogP contribution >= 0.6 is 12.6 Å². The molecule has 2 aliphatic heterocycles. The second-order valence-electron chi connectivity index (χ2n) is 5.84. The van der Waals surface area contributed by atoms with Gasteiger partial charge in [0.2, 0.25) is 0 Å². The van der Waals surface area contributed by atoms with Gasteiger partial charge in [0.1, 0.15) is 0 Å². The summed E-state index contributed by atoms with van der Waals surface area (Å²) in [6.07, 6.45) is 3.28. The third-order valence-electron chi connectivity index (χ3n) is 4.02. The number of allylic oxidation sites excluding steroid dienone is 2. The first kappa shape index (κ1) is 21.0. The molecule has 2 N–H and O–H groups in total. The Hall–Kier alpha value is -2.34. The third kappa shape index (κ3) is 5.57. The van der Waals surface area contributed by atoms with Gasteiger partial charge in [0.25, 0.3) is 0 Å². The summed E-state index contributed by atoms with van der Waals surface area (Å²) in [6.45, 7) is 7.61. The van der Waals surface area contributed by atoms with E-state index in [9.17, 15) is 10.1 Å². The number of pyridine rings is 1. The number of rotatable bonds is 3. The van der Waals surface area contributed by atoms with Gasteiger partial charge in [-0.1, -0.05) is 6.07 Å². The Balaban J connectivity index is 0.000000369. The van der Waals surface area contributed by atoms with Gasteiger partial charge in [-0.05, 0) is 25.5 Å². The lowest BCUT2D eigenvalue weighted by atomic mass is 9.83. The summed E-state index contributed by atoms with van der Waals surface area (Å²) in [5.74, 6) is -0.957. The Kier molecular flexibility index (Phi) is 8.33. The van der Waals surface area contributed by atoms with Gasteiger partial charge in [-0.2, -0.15) is 5.26 Å². The monoisotopic (exact) mass is 388 g/mol. The van der Waals surface area contributed by atoms with E-state index >= 15 is 0 Å². The molecule has 0 radical (unpaired) electrons. The first-order valence-electron chi connectivity index (χ1n) is 8.76. The molecule has 1 aromatic rings. The van der Waals surface area contributed by atoms with Crippen LogP contribution in [0.5, 0.6) is 0 Å². The van der Waals surface area contributed by atoms with E-state index in [2.05, 4.69) is 34.3 Å². The highest BCUT2D eigenvalue weighted by atomic mass is 32.1. The summed E-state index contributed by atoms with van der Waals surface area (Å²) < 4.78 is 10.1. The maximum absolute atomic E-state index is 12.3. The molecule has 27 heavy (non-hydrogen) atoms. The molecule has 0 aromatic carbocycles. The first-order valence-corrected chi connectivity index (χ1v) is 9.21. The fraction of sp³-hybridized carbons (Fsp3) is 0.421. The minimum Gasteiger partial charge on any atom is -0.463 e. The summed E-state index contributed by atoms with van der Waals surface area (Å²) in [7, 11) is 0. The van der Waals surface area contributed by atoms with Crippen molar-refractivity contribution in [2.45, 2.75) is 19.8 Å². The molecule has 0 spiro atoms. The lowest BCUT2D eigenvalue weighted by Crippen LogP contribution is -2.30. The lowest BCUT2D eigenvalue weighted by Gasteiger charge is -2.27. The number of aromatic nitrogens is 1. The van der Waals surface area contributed by atoms with E-state index in [0.717, 1.165) is 31.9 Å². The Morgan fingerprint density at radius 1 is 1.48 bits per heavy atom. The quantitative estimate of drug-likeness (QED) is 0.537. The number of thiol groups is 1. The van der Waals surface area contributed by atoms with Crippen LogP contribution in [0, 0.1) is 11.3 Å². The van der Waals surface area contributed by atoms with Crippen LogP contribution in [-0.4, -0.2) is 43.9 Å². The SMILES string of the molecule is C1COCCN1.CCOC(=O)C1=C(C)NC(S)=C(C#N)C1c1cccnc1. The average molecular weight is 388 g/mol. The molecule has 8 heteroatoms. The van der Waals surface area contributed by atoms with Crippen molar-refractivity contribution in [3.63, 3.8) is 0 Å². The van der Waals surface area contributed by atoms with Crippen molar-refractivity contribution in [3.8, 4) is 6.07 Å². The molecule has 0 saturated carbocycles. The van der Waals surface area contributed by atoms with E-state index < -0.39 is 11.9 Å². The van der Waals surface area contributed by atoms with E-state index in [-0.39, 0.29) is 6.61 Å². The Morgan fingerprint density at radius 2 is 2.22 bits per heavy atom. The minimum atomic E-state index is -0.517. The average Bonchev–Trinajstić information content (AvgIpc) is 2.70. The Morgan fingerprint density at radius 3 is 2.70 bits per heavy atom. The van der Waals surface area contributed by atoms with Gasteiger partial charge in [-0.25, -0.2) is 4.79 Å². The number of carbonyl (C=O) groups is 1. The maximum atomic E-state index is 12.3. The van der Waals surface area contributed by atoms with E-state index in [0.29, 0.717) is 21.9 Å². The molecule has 0 aliphatic carbocycles. The standard InChI is InChI=1S/C15H15N3O2S.C4H9NO/c1-3-20-15(19)12-9(2)18-14(21)11(7-16)13(12)10-5-4-6-17-8-10;1-3-6-4-2-5-1/h4-6,8,13,18,21H,3H2,1-2H3;5H,1-4H2. The van der Waals surface area contributed by atoms with Gasteiger partial charge >= 0.3 is 5.97 Å². The molecule has 1 saturated heterocycles. The molecule has 1 atom stereocenters. The summed E-state index contributed by atoms with van der Waals surface area (Å²) in [6, 6.07) is 5.71. The number of hydrogen-bond donors (Lipinski definition) is 3. The normalized spacial score (nSPS) is 19.4. The smallest absolute Gasteiger partial charge is 0.336 e. The highest BCUT2D eigenvalue weighted by molar-refractivity contribution is 7.84. The molecule has 2 aliphatic rings. The topological polar surface area (TPSA) is 96.3 Å². The number of dihydropyridines is 1. The molecule has 1 fully saturated rings. The number of ether oxygens (including phenoxy) is 2. The number of nitrogens with one attached hydrogen (secondary N) is 2. The van der Waals surface area contributed by atoms with Gasteiger partial charge in [-0.15, -0.1) is 12.6 Å². The predicted molar refractivity (Wildman–Crippen MR) is 105 cm³/mol. The Labute approximate surface area is 164 Å². The van der Waals surface area contributed by atoms with Crippen molar-refractivity contribution in [1.29, 1.82) is 5.26 Å². The van der Waals surface area contributed by atoms with Gasteiger partial charge in [0, 0.05) is 31.2 Å². The number of nitriles is 1. The number of morpholine rings is 1. The van der Waals surface area contributed by atoms with Gasteiger partial charge in [-0.3, -0.25) is 4.98 Å². The first-order chi connectivity index (χ1) is 13.1. The van der Waals surface area contributed by atoms with E-state index in [1.165, 1.54) is 0 Å². The molecule has 1 aromatic heterocycles. The fourth-order valence-electron chi connectivity index (χ4n) is 2.80. The van der Waals surface area contributed by atoms with E-state index in [1.807, 2.05) is 6.07 Å². The molecule has 0 bridgehead atoms. The van der Waals surface area contributed by atoms with Crippen molar-refractivity contribution in [2.24, 2.45) is 0 Å². The summed E-state index contributed by atoms with van der Waals surface area (Å²) in [5.41, 5.74) is 2.18. The van der Waals surface area contributed by atoms with Crippen LogP contribution in [0.3, 0.4) is 0 Å². The molecular weight excluding hydrogens is 364 g/mol. The molecule has 0 amide bonds. The largest absolute Gasteiger partial charge is 0.463 e. The molecule has 3 heterocycles. The van der Waals surface area contributed by atoms with Crippen molar-refractivity contribution >= 4 is 18.6 Å². The highest BCUT2D eigenvalue weighted by Gasteiger charge is 2.34. The van der Waals surface area contributed by atoms with Crippen molar-refractivity contribution in [3.05, 3.63) is 52.0 Å². The third-order valence-corrected chi connectivity index (χ3v) is 4.37. The molecule has 7 nitrogen and oxygen atoms in total. The minimum absolute atomic E-state index is 0.273. The molecular formula is C19H24N4O3S. The van der Waals surface area contributed by atoms with Crippen molar-refractivity contribution in [2.75, 3.05) is 32.9 Å². The number of nitrogens with zero attached hydrogens (tertiary/aromatic N) is 2. The van der Waals surface area contributed by atoms with E-state index in [1.54, 1.807) is 32.3 Å². The molecule has 1 unspecified atom stereocenters. The van der Waals surface area contributed by atoms with Crippen LogP contribution in [0.25, 0.3) is 0 Å². The number of carbonyl (C=O) groups excluding carboxylic acids is 1. The lowest BCUT2D eigenvalue weighted by molar-refractivity contribution is -0.138. The van der Waals surface area contributed by atoms with Crippen LogP contribution in [0.15, 0.2) is 46.4 Å². The number of hydrogen-bond acceptors (Lipinski definition) is 8. The summed E-state index contributed by atoms with van der Waals surface area (Å²) in [5, 5.41) is 16.0. The van der Waals surface area contributed by atoms with Crippen LogP contribution in [0.1, 0.15) is 25.3 Å². The van der Waals surface area contributed by atoms with Crippen molar-refractivity contribution in [1.82, 2.24) is 15.6 Å². The molecule has 3 rings (SSSR count). The van der Waals surface area contributed by atoms with Gasteiger partial charge < -0.3 is 20.1 Å². The maximum Gasteiger partial charge on any atom is 0.336 e. The summed E-state index contributed by atoms with van der Waals surface area (Å²) >= 11 is 4.31. The highest BCUT2D eigenvalue weighted by Crippen LogP contribution is 2.38. The summed E-state index contributed by atoms with van der Waals surface area (Å²) in [4.78, 5) is 16.3. The predicted octanol–water partition coefficient (Wildman–Crippen LogP) is 1.88. The van der Waals surface area contributed by atoms with Crippen LogP contribution in [0.2, 0.25) is 0 Å². The van der Waals surface area contributed by atoms with E-state index in [4.69, 9.17) is 9.47 Å². The van der Waals surface area contributed by atoms with Crippen LogP contribution in [0.4, 0.5) is 0 Å². The van der Waals surface area contributed by atoms with Gasteiger partial charge in [0.05, 0.1) is 48.0 Å². The second-order valence-corrected chi connectivity index (χ2v) is 6.29. The van der Waals surface area contributed by atoms with Gasteiger partial charge in [0.15, 0.2) is 0 Å². The fourth-order valence-corrected chi connectivity index (χ4v) is 3.15.